The lowest BCUT2D eigenvalue weighted by molar-refractivity contribution is -0.161. The van der Waals surface area contributed by atoms with Crippen molar-refractivity contribution in [1.29, 1.82) is 0 Å². The average molecular weight is 1230 g/mol. The molecule has 0 aromatic rings. The standard InChI is InChI=1S/C64H124O17P2/c1-9-56(7)42-34-26-18-12-14-19-28-36-44-61(66)74-50-59(81-64(69)47-39-31-21-15-17-25-33-41-55(5)6)52-78-82(70,71)76-48-58(65)49-77-83(72,73)79-53-60(51-75-62(67)45-37-29-23-22-27-35-43-57(8)10-2)80-63(68)46-38-30-20-13-11-16-24-32-40-54(3)4/h54-60,65H,9-53H2,1-8H3,(H,70,71)(H,72,73)/t56?,57?,58-,59-,60-/m1/s1. The van der Waals surface area contributed by atoms with Crippen molar-refractivity contribution in [3.63, 3.8) is 0 Å². The minimum absolute atomic E-state index is 0.102. The normalized spacial score (nSPS) is 15.1. The number of esters is 4. The van der Waals surface area contributed by atoms with E-state index in [4.69, 9.17) is 37.0 Å². The van der Waals surface area contributed by atoms with Crippen LogP contribution in [0.5, 0.6) is 0 Å². The molecule has 0 fully saturated rings. The van der Waals surface area contributed by atoms with Gasteiger partial charge in [-0.2, -0.15) is 0 Å². The number of aliphatic hydroxyl groups excluding tert-OH is 1. The fourth-order valence-corrected chi connectivity index (χ4v) is 10.9. The maximum absolute atomic E-state index is 13.0. The number of unbranched alkanes of at least 4 members (excludes halogenated alkanes) is 25. The Labute approximate surface area is 505 Å². The summed E-state index contributed by atoms with van der Waals surface area (Å²) in [6, 6.07) is 0. The number of rotatable bonds is 61. The molecule has 19 heteroatoms. The topological polar surface area (TPSA) is 237 Å². The molecule has 17 nitrogen and oxygen atoms in total. The number of hydrogen-bond acceptors (Lipinski definition) is 15. The smallest absolute Gasteiger partial charge is 0.462 e. The summed E-state index contributed by atoms with van der Waals surface area (Å²) in [6.07, 6.45) is 33.6. The van der Waals surface area contributed by atoms with Crippen LogP contribution < -0.4 is 0 Å². The van der Waals surface area contributed by atoms with Crippen LogP contribution in [0, 0.1) is 23.7 Å². The molecule has 4 unspecified atom stereocenters. The largest absolute Gasteiger partial charge is 0.472 e. The summed E-state index contributed by atoms with van der Waals surface area (Å²) < 4.78 is 68.0. The summed E-state index contributed by atoms with van der Waals surface area (Å²) in [5.74, 6) is 0.780. The van der Waals surface area contributed by atoms with Crippen LogP contribution in [0.2, 0.25) is 0 Å². The van der Waals surface area contributed by atoms with E-state index in [1.807, 2.05) is 0 Å². The van der Waals surface area contributed by atoms with Crippen LogP contribution in [0.25, 0.3) is 0 Å². The van der Waals surface area contributed by atoms with Crippen molar-refractivity contribution < 1.29 is 80.2 Å². The van der Waals surface area contributed by atoms with Gasteiger partial charge in [0, 0.05) is 25.7 Å². The number of hydrogen-bond donors (Lipinski definition) is 3. The first-order valence-electron chi connectivity index (χ1n) is 33.3. The molecule has 0 saturated carbocycles. The van der Waals surface area contributed by atoms with Crippen LogP contribution in [0.15, 0.2) is 0 Å². The van der Waals surface area contributed by atoms with Gasteiger partial charge in [-0.1, -0.05) is 254 Å². The van der Waals surface area contributed by atoms with Gasteiger partial charge in [-0.15, -0.1) is 0 Å². The highest BCUT2D eigenvalue weighted by molar-refractivity contribution is 7.47. The summed E-state index contributed by atoms with van der Waals surface area (Å²) in [4.78, 5) is 72.2. The molecule has 0 bridgehead atoms. The lowest BCUT2D eigenvalue weighted by Gasteiger charge is -2.21. The maximum Gasteiger partial charge on any atom is 0.472 e. The van der Waals surface area contributed by atoms with E-state index < -0.39 is 97.5 Å². The van der Waals surface area contributed by atoms with Crippen molar-refractivity contribution in [3.8, 4) is 0 Å². The molecule has 0 aliphatic carbocycles. The molecule has 0 aromatic heterocycles. The zero-order valence-corrected chi connectivity index (χ0v) is 55.6. The number of phosphoric acid groups is 2. The van der Waals surface area contributed by atoms with Gasteiger partial charge in [0.25, 0.3) is 0 Å². The molecule has 3 N–H and O–H groups in total. The molecule has 0 amide bonds. The van der Waals surface area contributed by atoms with Crippen molar-refractivity contribution in [1.82, 2.24) is 0 Å². The highest BCUT2D eigenvalue weighted by atomic mass is 31.2. The molecule has 83 heavy (non-hydrogen) atoms. The van der Waals surface area contributed by atoms with E-state index >= 15 is 0 Å². The van der Waals surface area contributed by atoms with Crippen LogP contribution in [0.4, 0.5) is 0 Å². The molecular formula is C64H124O17P2. The fourth-order valence-electron chi connectivity index (χ4n) is 9.36. The quantitative estimate of drug-likeness (QED) is 0.0222. The van der Waals surface area contributed by atoms with Gasteiger partial charge in [0.15, 0.2) is 12.2 Å². The first-order chi connectivity index (χ1) is 39.7. The number of carbonyl (C=O) groups excluding carboxylic acids is 4. The molecule has 0 radical (unpaired) electrons. The Balaban J connectivity index is 5.26. The monoisotopic (exact) mass is 1230 g/mol. The molecule has 0 spiro atoms. The Morgan fingerprint density at radius 1 is 0.337 bits per heavy atom. The van der Waals surface area contributed by atoms with Gasteiger partial charge < -0.3 is 33.8 Å². The van der Waals surface area contributed by atoms with Crippen LogP contribution in [-0.4, -0.2) is 96.7 Å². The summed E-state index contributed by atoms with van der Waals surface area (Å²) in [5.41, 5.74) is 0. The second kappa shape index (κ2) is 54.2. The maximum atomic E-state index is 13.0. The minimum atomic E-state index is -4.95. The highest BCUT2D eigenvalue weighted by Gasteiger charge is 2.30. The first-order valence-corrected chi connectivity index (χ1v) is 36.3. The Morgan fingerprint density at radius 3 is 0.855 bits per heavy atom. The molecule has 0 aromatic carbocycles. The number of ether oxygens (including phenoxy) is 4. The highest BCUT2D eigenvalue weighted by Crippen LogP contribution is 2.45. The van der Waals surface area contributed by atoms with Crippen LogP contribution in [-0.2, 0) is 65.4 Å². The molecule has 492 valence electrons. The van der Waals surface area contributed by atoms with Crippen LogP contribution in [0.1, 0.15) is 306 Å². The van der Waals surface area contributed by atoms with Crippen molar-refractivity contribution >= 4 is 39.5 Å². The van der Waals surface area contributed by atoms with Gasteiger partial charge in [0.2, 0.25) is 0 Å². The SMILES string of the molecule is CCC(C)CCCCCCCCCCC(=O)OC[C@H](COP(=O)(O)OC[C@@H](O)COP(=O)(O)OC[C@@H](COC(=O)CCCCCCCCC(C)CC)OC(=O)CCCCCCCCCCC(C)C)OC(=O)CCCCCCCCCC(C)C. The van der Waals surface area contributed by atoms with Crippen molar-refractivity contribution in [2.24, 2.45) is 23.7 Å². The van der Waals surface area contributed by atoms with E-state index in [1.54, 1.807) is 0 Å². The summed E-state index contributed by atoms with van der Waals surface area (Å²) in [6.45, 7) is 13.9. The minimum Gasteiger partial charge on any atom is -0.462 e. The van der Waals surface area contributed by atoms with E-state index in [1.165, 1.54) is 103 Å². The first kappa shape index (κ1) is 81.1. The van der Waals surface area contributed by atoms with E-state index in [0.717, 1.165) is 114 Å². The molecule has 0 rings (SSSR count). The van der Waals surface area contributed by atoms with E-state index in [-0.39, 0.29) is 25.7 Å². The third-order valence-electron chi connectivity index (χ3n) is 15.3. The number of aliphatic hydroxyl groups is 1. The Bertz CT molecular complexity index is 1670. The average Bonchev–Trinajstić information content (AvgIpc) is 3.44. The van der Waals surface area contributed by atoms with Gasteiger partial charge >= 0.3 is 39.5 Å². The lowest BCUT2D eigenvalue weighted by atomic mass is 9.99. The van der Waals surface area contributed by atoms with E-state index in [2.05, 4.69) is 55.4 Å². The number of phosphoric ester groups is 2. The van der Waals surface area contributed by atoms with E-state index in [0.29, 0.717) is 31.6 Å². The van der Waals surface area contributed by atoms with Crippen LogP contribution >= 0.6 is 15.6 Å². The molecule has 0 aliphatic heterocycles. The van der Waals surface area contributed by atoms with Crippen LogP contribution in [0.3, 0.4) is 0 Å². The zero-order chi connectivity index (χ0) is 61.8. The molecule has 0 aliphatic rings. The Kier molecular flexibility index (Phi) is 53.0. The summed E-state index contributed by atoms with van der Waals surface area (Å²) >= 11 is 0. The number of carbonyl (C=O) groups is 4. The molecule has 7 atom stereocenters. The molecular weight excluding hydrogens is 1100 g/mol. The second-order valence-electron chi connectivity index (χ2n) is 24.6. The fraction of sp³-hybridized carbons (Fsp3) is 0.938. The van der Waals surface area contributed by atoms with Gasteiger partial charge in [0.1, 0.15) is 19.3 Å². The summed E-state index contributed by atoms with van der Waals surface area (Å²) in [5, 5.41) is 10.5. The summed E-state index contributed by atoms with van der Waals surface area (Å²) in [7, 11) is -9.89. The van der Waals surface area contributed by atoms with E-state index in [9.17, 15) is 43.2 Å². The predicted octanol–water partition coefficient (Wildman–Crippen LogP) is 17.4. The van der Waals surface area contributed by atoms with Gasteiger partial charge in [-0.05, 0) is 49.4 Å². The van der Waals surface area contributed by atoms with Crippen molar-refractivity contribution in [3.05, 3.63) is 0 Å². The zero-order valence-electron chi connectivity index (χ0n) is 53.8. The Morgan fingerprint density at radius 2 is 0.578 bits per heavy atom. The Hall–Kier alpha value is -1.94. The third-order valence-corrected chi connectivity index (χ3v) is 17.2. The van der Waals surface area contributed by atoms with Crippen molar-refractivity contribution in [2.45, 2.75) is 324 Å². The molecule has 0 heterocycles. The molecule has 0 saturated heterocycles. The van der Waals surface area contributed by atoms with Gasteiger partial charge in [0.05, 0.1) is 26.4 Å². The van der Waals surface area contributed by atoms with Gasteiger partial charge in [-0.3, -0.25) is 37.3 Å². The third kappa shape index (κ3) is 56.3. The van der Waals surface area contributed by atoms with Crippen molar-refractivity contribution in [2.75, 3.05) is 39.6 Å². The second-order valence-corrected chi connectivity index (χ2v) is 27.5. The predicted molar refractivity (Wildman–Crippen MR) is 331 cm³/mol. The van der Waals surface area contributed by atoms with Gasteiger partial charge in [-0.25, -0.2) is 9.13 Å². The lowest BCUT2D eigenvalue weighted by Crippen LogP contribution is -2.30.